The van der Waals surface area contributed by atoms with Gasteiger partial charge in [-0.25, -0.2) is 0 Å². The molecule has 1 aliphatic rings. The summed E-state index contributed by atoms with van der Waals surface area (Å²) in [5.74, 6) is 0.687. The van der Waals surface area contributed by atoms with Crippen molar-refractivity contribution >= 4 is 51.1 Å². The van der Waals surface area contributed by atoms with Crippen LogP contribution in [-0.2, 0) is 0 Å². The standard InChI is InChI=1S/C24H21ClN2O3S.ClH/c1-30-21-13-18(6-7-20(21)26-10-9-19(28)14-26)27-11-8-16-12-22(31-23(16)24(27)29)15-2-4-17(25)5-3-15;/h2-8,11-13,19,28H,9-10,14H2,1H3;1H/t19-;/m1./s1. The molecule has 1 aliphatic heterocycles. The zero-order valence-electron chi connectivity index (χ0n) is 17.3. The van der Waals surface area contributed by atoms with Crippen molar-refractivity contribution < 1.29 is 9.84 Å². The molecule has 0 aliphatic carbocycles. The first kappa shape index (κ1) is 22.7. The predicted molar refractivity (Wildman–Crippen MR) is 135 cm³/mol. The molecule has 0 amide bonds. The van der Waals surface area contributed by atoms with Gasteiger partial charge in [0.15, 0.2) is 0 Å². The van der Waals surface area contributed by atoms with E-state index in [1.165, 1.54) is 11.3 Å². The van der Waals surface area contributed by atoms with Crippen LogP contribution in [0.1, 0.15) is 6.42 Å². The van der Waals surface area contributed by atoms with E-state index in [4.69, 9.17) is 16.3 Å². The van der Waals surface area contributed by atoms with E-state index >= 15 is 0 Å². The van der Waals surface area contributed by atoms with Crippen LogP contribution in [0.5, 0.6) is 5.75 Å². The number of pyridine rings is 1. The number of hydrogen-bond donors (Lipinski definition) is 1. The second-order valence-electron chi connectivity index (χ2n) is 7.64. The summed E-state index contributed by atoms with van der Waals surface area (Å²) in [7, 11) is 1.62. The van der Waals surface area contributed by atoms with Gasteiger partial charge in [0.1, 0.15) is 10.4 Å². The van der Waals surface area contributed by atoms with Crippen molar-refractivity contribution in [3.05, 3.63) is 76.2 Å². The Hall–Kier alpha value is -2.51. The Morgan fingerprint density at radius 1 is 1.12 bits per heavy atom. The van der Waals surface area contributed by atoms with Crippen LogP contribution in [0.25, 0.3) is 26.2 Å². The fraction of sp³-hybridized carbons (Fsp3) is 0.208. The monoisotopic (exact) mass is 488 g/mol. The topological polar surface area (TPSA) is 54.7 Å². The highest BCUT2D eigenvalue weighted by Crippen LogP contribution is 2.34. The maximum absolute atomic E-state index is 13.3. The Bertz CT molecular complexity index is 1320. The SMILES string of the molecule is COc1cc(-n2ccc3cc(-c4ccc(Cl)cc4)sc3c2=O)ccc1N1CC[C@@H](O)C1.Cl. The number of ether oxygens (including phenoxy) is 1. The number of aliphatic hydroxyl groups excluding tert-OH is 1. The lowest BCUT2D eigenvalue weighted by Crippen LogP contribution is -2.22. The van der Waals surface area contributed by atoms with Crippen molar-refractivity contribution in [2.45, 2.75) is 12.5 Å². The van der Waals surface area contributed by atoms with E-state index in [1.54, 1.807) is 17.9 Å². The summed E-state index contributed by atoms with van der Waals surface area (Å²) in [6.07, 6.45) is 2.23. The van der Waals surface area contributed by atoms with Crippen molar-refractivity contribution in [3.63, 3.8) is 0 Å². The van der Waals surface area contributed by atoms with Gasteiger partial charge in [0.05, 0.1) is 24.6 Å². The number of aromatic nitrogens is 1. The lowest BCUT2D eigenvalue weighted by Gasteiger charge is -2.21. The Labute approximate surface area is 200 Å². The quantitative estimate of drug-likeness (QED) is 0.419. The third kappa shape index (κ3) is 4.11. The van der Waals surface area contributed by atoms with Gasteiger partial charge in [0.2, 0.25) is 0 Å². The van der Waals surface area contributed by atoms with E-state index in [2.05, 4.69) is 4.90 Å². The molecule has 1 saturated heterocycles. The number of hydrogen-bond acceptors (Lipinski definition) is 5. The third-order valence-electron chi connectivity index (χ3n) is 5.65. The smallest absolute Gasteiger partial charge is 0.273 e. The maximum Gasteiger partial charge on any atom is 0.273 e. The molecule has 0 bridgehead atoms. The van der Waals surface area contributed by atoms with Gasteiger partial charge in [0, 0.05) is 40.6 Å². The molecule has 4 aromatic rings. The van der Waals surface area contributed by atoms with Gasteiger partial charge in [-0.15, -0.1) is 23.7 Å². The second-order valence-corrected chi connectivity index (χ2v) is 9.13. The summed E-state index contributed by atoms with van der Waals surface area (Å²) in [6.45, 7) is 1.37. The Morgan fingerprint density at radius 2 is 1.91 bits per heavy atom. The molecule has 5 rings (SSSR count). The normalized spacial score (nSPS) is 15.7. The molecule has 0 unspecified atom stereocenters. The third-order valence-corrected chi connectivity index (χ3v) is 7.09. The lowest BCUT2D eigenvalue weighted by atomic mass is 10.2. The van der Waals surface area contributed by atoms with E-state index in [-0.39, 0.29) is 24.1 Å². The molecule has 8 heteroatoms. The Balaban J connectivity index is 0.00000245. The number of nitrogens with zero attached hydrogens (tertiary/aromatic N) is 2. The minimum Gasteiger partial charge on any atom is -0.495 e. The minimum absolute atomic E-state index is 0. The highest BCUT2D eigenvalue weighted by molar-refractivity contribution is 7.22. The fourth-order valence-corrected chi connectivity index (χ4v) is 5.24. The van der Waals surface area contributed by atoms with Gasteiger partial charge in [-0.2, -0.15) is 0 Å². The van der Waals surface area contributed by atoms with Gasteiger partial charge in [-0.05, 0) is 48.4 Å². The molecule has 0 spiro atoms. The molecule has 166 valence electrons. The first-order valence-corrected chi connectivity index (χ1v) is 11.3. The van der Waals surface area contributed by atoms with Gasteiger partial charge < -0.3 is 14.7 Å². The number of β-amino-alcohol motifs (C(OH)–C–C–N with tert-alkyl or cyclic N) is 1. The van der Waals surface area contributed by atoms with Crippen LogP contribution in [0.2, 0.25) is 5.02 Å². The van der Waals surface area contributed by atoms with Crippen LogP contribution >= 0.6 is 35.3 Å². The molecule has 5 nitrogen and oxygen atoms in total. The first-order chi connectivity index (χ1) is 15.0. The molecule has 1 fully saturated rings. The van der Waals surface area contributed by atoms with Crippen LogP contribution in [0.15, 0.2) is 65.6 Å². The van der Waals surface area contributed by atoms with Crippen LogP contribution in [0, 0.1) is 0 Å². The minimum atomic E-state index is -0.317. The number of anilines is 1. The van der Waals surface area contributed by atoms with Crippen molar-refractivity contribution in [1.82, 2.24) is 4.57 Å². The second kappa shape index (κ2) is 9.16. The Morgan fingerprint density at radius 3 is 2.59 bits per heavy atom. The number of rotatable bonds is 4. The molecule has 0 saturated carbocycles. The van der Waals surface area contributed by atoms with Gasteiger partial charge >= 0.3 is 0 Å². The van der Waals surface area contributed by atoms with Crippen LogP contribution in [0.4, 0.5) is 5.69 Å². The van der Waals surface area contributed by atoms with Crippen molar-refractivity contribution in [2.24, 2.45) is 0 Å². The lowest BCUT2D eigenvalue weighted by molar-refractivity contribution is 0.198. The number of fused-ring (bicyclic) bond motifs is 1. The zero-order valence-corrected chi connectivity index (χ0v) is 19.7. The van der Waals surface area contributed by atoms with E-state index in [1.807, 2.05) is 54.6 Å². The average molecular weight is 489 g/mol. The number of thiophene rings is 1. The average Bonchev–Trinajstić information content (AvgIpc) is 3.41. The van der Waals surface area contributed by atoms with Gasteiger partial charge in [-0.3, -0.25) is 9.36 Å². The number of benzene rings is 2. The summed E-state index contributed by atoms with van der Waals surface area (Å²) in [5, 5.41) is 11.5. The van der Waals surface area contributed by atoms with E-state index in [0.717, 1.165) is 40.2 Å². The number of methoxy groups -OCH3 is 1. The van der Waals surface area contributed by atoms with E-state index in [9.17, 15) is 9.90 Å². The van der Waals surface area contributed by atoms with Gasteiger partial charge in [-0.1, -0.05) is 23.7 Å². The van der Waals surface area contributed by atoms with Crippen LogP contribution in [0.3, 0.4) is 0 Å². The van der Waals surface area contributed by atoms with Crippen LogP contribution < -0.4 is 15.2 Å². The molecule has 2 aromatic carbocycles. The maximum atomic E-state index is 13.3. The first-order valence-electron chi connectivity index (χ1n) is 10.1. The number of aliphatic hydroxyl groups is 1. The molecule has 3 heterocycles. The summed E-state index contributed by atoms with van der Waals surface area (Å²) < 4.78 is 7.96. The highest BCUT2D eigenvalue weighted by Gasteiger charge is 2.23. The summed E-state index contributed by atoms with van der Waals surface area (Å²) in [5.41, 5.74) is 2.65. The highest BCUT2D eigenvalue weighted by atomic mass is 35.5. The predicted octanol–water partition coefficient (Wildman–Crippen LogP) is 5.37. The molecular weight excluding hydrogens is 467 g/mol. The summed E-state index contributed by atoms with van der Waals surface area (Å²) in [6, 6.07) is 17.4. The molecule has 32 heavy (non-hydrogen) atoms. The number of halogens is 2. The summed E-state index contributed by atoms with van der Waals surface area (Å²) in [4.78, 5) is 16.4. The van der Waals surface area contributed by atoms with E-state index in [0.29, 0.717) is 22.0 Å². The fourth-order valence-electron chi connectivity index (χ4n) is 4.03. The summed E-state index contributed by atoms with van der Waals surface area (Å²) >= 11 is 7.48. The molecule has 0 radical (unpaired) electrons. The van der Waals surface area contributed by atoms with Crippen molar-refractivity contribution in [3.8, 4) is 21.9 Å². The van der Waals surface area contributed by atoms with Crippen LogP contribution in [-0.4, -0.2) is 36.0 Å². The molecular formula is C24H22Cl2N2O3S. The Kier molecular flexibility index (Phi) is 6.49. The molecule has 2 aromatic heterocycles. The van der Waals surface area contributed by atoms with Crippen molar-refractivity contribution in [1.29, 1.82) is 0 Å². The van der Waals surface area contributed by atoms with Crippen molar-refractivity contribution in [2.75, 3.05) is 25.1 Å². The van der Waals surface area contributed by atoms with E-state index < -0.39 is 0 Å². The molecule has 1 atom stereocenters. The molecule has 1 N–H and O–H groups in total. The van der Waals surface area contributed by atoms with Gasteiger partial charge in [0.25, 0.3) is 5.56 Å². The zero-order chi connectivity index (χ0) is 21.5. The largest absolute Gasteiger partial charge is 0.495 e.